The zero-order valence-electron chi connectivity index (χ0n) is 6.51. The Morgan fingerprint density at radius 2 is 1.30 bits per heavy atom. The molecule has 0 bridgehead atoms. The maximum Gasteiger partial charge on any atom is -0.00390 e. The third kappa shape index (κ3) is 2.93. The Kier molecular flexibility index (Phi) is 3.05. The molecule has 2 fully saturated rings. The number of hydrogen-bond donors (Lipinski definition) is 1. The van der Waals surface area contributed by atoms with Crippen LogP contribution in [-0.4, -0.2) is 11.5 Å². The normalized spacial score (nSPS) is 24.0. The van der Waals surface area contributed by atoms with E-state index in [9.17, 15) is 0 Å². The Balaban J connectivity index is 0.000000500. The van der Waals surface area contributed by atoms with Gasteiger partial charge in [0.2, 0.25) is 0 Å². The fraction of sp³-hybridized carbons (Fsp3) is 1.00. The van der Waals surface area contributed by atoms with Crippen LogP contribution in [0.15, 0.2) is 0 Å². The second-order valence-corrected chi connectivity index (χ2v) is 4.50. The van der Waals surface area contributed by atoms with E-state index in [1.807, 2.05) is 0 Å². The highest BCUT2D eigenvalue weighted by Crippen LogP contribution is 2.37. The Labute approximate surface area is 67.5 Å². The van der Waals surface area contributed by atoms with Gasteiger partial charge in [0.15, 0.2) is 0 Å². The fourth-order valence-electron chi connectivity index (χ4n) is 0.970. The van der Waals surface area contributed by atoms with Gasteiger partial charge in [-0.3, -0.25) is 0 Å². The van der Waals surface area contributed by atoms with E-state index >= 15 is 0 Å². The van der Waals surface area contributed by atoms with Crippen molar-refractivity contribution in [1.82, 2.24) is 6.15 Å². The average Bonchev–Trinajstić information content (AvgIpc) is 2.57. The standard InChI is InChI=1S/C8H14S.H3N/c1-2-7(1)5-9-6-8-3-4-8;/h7-8H,1-6H2;1H3. The van der Waals surface area contributed by atoms with Crippen molar-refractivity contribution in [3.05, 3.63) is 0 Å². The van der Waals surface area contributed by atoms with E-state index in [1.54, 1.807) is 0 Å². The maximum absolute atomic E-state index is 2.19. The van der Waals surface area contributed by atoms with E-state index < -0.39 is 0 Å². The minimum absolute atomic E-state index is 0. The van der Waals surface area contributed by atoms with Crippen molar-refractivity contribution in [2.45, 2.75) is 25.7 Å². The van der Waals surface area contributed by atoms with Gasteiger partial charge in [0, 0.05) is 0 Å². The number of hydrogen-bond acceptors (Lipinski definition) is 2. The van der Waals surface area contributed by atoms with Gasteiger partial charge < -0.3 is 6.15 Å². The van der Waals surface area contributed by atoms with E-state index in [-0.39, 0.29) is 6.15 Å². The van der Waals surface area contributed by atoms with Crippen LogP contribution in [-0.2, 0) is 0 Å². The van der Waals surface area contributed by atoms with Crippen LogP contribution < -0.4 is 6.15 Å². The molecule has 60 valence electrons. The molecule has 0 atom stereocenters. The summed E-state index contributed by atoms with van der Waals surface area (Å²) in [4.78, 5) is 0. The van der Waals surface area contributed by atoms with Crippen LogP contribution in [0, 0.1) is 11.8 Å². The molecule has 2 aliphatic rings. The summed E-state index contributed by atoms with van der Waals surface area (Å²) in [6, 6.07) is 0. The SMILES string of the molecule is C1CC1CSCC1CC1.N. The molecule has 0 saturated heterocycles. The van der Waals surface area contributed by atoms with E-state index in [1.165, 1.54) is 37.2 Å². The van der Waals surface area contributed by atoms with Crippen molar-refractivity contribution in [2.75, 3.05) is 11.5 Å². The summed E-state index contributed by atoms with van der Waals surface area (Å²) < 4.78 is 0. The van der Waals surface area contributed by atoms with Gasteiger partial charge in [-0.05, 0) is 49.0 Å². The molecule has 2 heteroatoms. The molecule has 0 radical (unpaired) electrons. The summed E-state index contributed by atoms with van der Waals surface area (Å²) in [7, 11) is 0. The fourth-order valence-corrected chi connectivity index (χ4v) is 2.44. The zero-order chi connectivity index (χ0) is 6.10. The maximum atomic E-state index is 2.19. The first-order valence-electron chi connectivity index (χ1n) is 4.03. The van der Waals surface area contributed by atoms with E-state index in [0.717, 1.165) is 11.8 Å². The molecule has 2 saturated carbocycles. The van der Waals surface area contributed by atoms with Crippen LogP contribution in [0.4, 0.5) is 0 Å². The van der Waals surface area contributed by atoms with Gasteiger partial charge in [0.05, 0.1) is 0 Å². The van der Waals surface area contributed by atoms with Crippen LogP contribution >= 0.6 is 11.8 Å². The van der Waals surface area contributed by atoms with Gasteiger partial charge in [-0.25, -0.2) is 0 Å². The summed E-state index contributed by atoms with van der Waals surface area (Å²) >= 11 is 2.19. The van der Waals surface area contributed by atoms with Gasteiger partial charge in [0.25, 0.3) is 0 Å². The molecule has 0 aromatic rings. The molecule has 2 rings (SSSR count). The van der Waals surface area contributed by atoms with E-state index in [2.05, 4.69) is 11.8 Å². The number of thioether (sulfide) groups is 1. The highest BCUT2D eigenvalue weighted by molar-refractivity contribution is 7.99. The Hall–Kier alpha value is 0.310. The second-order valence-electron chi connectivity index (χ2n) is 3.42. The molecular formula is C8H17NS. The molecule has 3 N–H and O–H groups in total. The second kappa shape index (κ2) is 3.63. The lowest BCUT2D eigenvalue weighted by Crippen LogP contribution is -1.85. The molecule has 0 heterocycles. The zero-order valence-corrected chi connectivity index (χ0v) is 7.33. The lowest BCUT2D eigenvalue weighted by molar-refractivity contribution is 0.970. The topological polar surface area (TPSA) is 35.0 Å². The minimum atomic E-state index is 0. The summed E-state index contributed by atoms with van der Waals surface area (Å²) in [6.07, 6.45) is 6.10. The van der Waals surface area contributed by atoms with Crippen LogP contribution in [0.1, 0.15) is 25.7 Å². The van der Waals surface area contributed by atoms with Crippen molar-refractivity contribution >= 4 is 11.8 Å². The van der Waals surface area contributed by atoms with Crippen LogP contribution in [0.5, 0.6) is 0 Å². The molecule has 2 aliphatic carbocycles. The van der Waals surface area contributed by atoms with Crippen molar-refractivity contribution in [2.24, 2.45) is 11.8 Å². The van der Waals surface area contributed by atoms with Crippen LogP contribution in [0.25, 0.3) is 0 Å². The molecule has 10 heavy (non-hydrogen) atoms. The van der Waals surface area contributed by atoms with Gasteiger partial charge in [-0.2, -0.15) is 11.8 Å². The van der Waals surface area contributed by atoms with Crippen molar-refractivity contribution in [1.29, 1.82) is 0 Å². The summed E-state index contributed by atoms with van der Waals surface area (Å²) in [5, 5.41) is 0. The van der Waals surface area contributed by atoms with E-state index in [0.29, 0.717) is 0 Å². The van der Waals surface area contributed by atoms with Gasteiger partial charge >= 0.3 is 0 Å². The summed E-state index contributed by atoms with van der Waals surface area (Å²) in [5.41, 5.74) is 0. The largest absolute Gasteiger partial charge is 0.344 e. The van der Waals surface area contributed by atoms with Crippen LogP contribution in [0.2, 0.25) is 0 Å². The minimum Gasteiger partial charge on any atom is -0.344 e. The number of rotatable bonds is 4. The molecule has 1 nitrogen and oxygen atoms in total. The average molecular weight is 159 g/mol. The predicted molar refractivity (Wildman–Crippen MR) is 47.8 cm³/mol. The molecule has 0 spiro atoms. The predicted octanol–water partition coefficient (Wildman–Crippen LogP) is 2.70. The quantitative estimate of drug-likeness (QED) is 0.684. The Bertz CT molecular complexity index is 85.4. The van der Waals surface area contributed by atoms with Gasteiger partial charge in [-0.15, -0.1) is 0 Å². The first-order chi connectivity index (χ1) is 4.45. The molecule has 0 unspecified atom stereocenters. The Morgan fingerprint density at radius 3 is 1.60 bits per heavy atom. The third-order valence-corrected chi connectivity index (χ3v) is 3.52. The summed E-state index contributed by atoms with van der Waals surface area (Å²) in [5.74, 6) is 5.20. The van der Waals surface area contributed by atoms with Crippen molar-refractivity contribution < 1.29 is 0 Å². The highest BCUT2D eigenvalue weighted by atomic mass is 32.2. The Morgan fingerprint density at radius 1 is 0.900 bits per heavy atom. The molecule has 0 aliphatic heterocycles. The molecule has 0 aromatic heterocycles. The third-order valence-electron chi connectivity index (χ3n) is 2.10. The first-order valence-corrected chi connectivity index (χ1v) is 5.18. The van der Waals surface area contributed by atoms with Gasteiger partial charge in [-0.1, -0.05) is 0 Å². The molecule has 0 amide bonds. The molecular weight excluding hydrogens is 142 g/mol. The lowest BCUT2D eigenvalue weighted by atomic mass is 10.5. The first kappa shape index (κ1) is 8.41. The van der Waals surface area contributed by atoms with E-state index in [4.69, 9.17) is 0 Å². The summed E-state index contributed by atoms with van der Waals surface area (Å²) in [6.45, 7) is 0. The smallest absolute Gasteiger partial charge is 0.00390 e. The van der Waals surface area contributed by atoms with Crippen molar-refractivity contribution in [3.63, 3.8) is 0 Å². The molecule has 0 aromatic carbocycles. The van der Waals surface area contributed by atoms with Crippen LogP contribution in [0.3, 0.4) is 0 Å². The van der Waals surface area contributed by atoms with Crippen molar-refractivity contribution in [3.8, 4) is 0 Å². The monoisotopic (exact) mass is 159 g/mol. The lowest BCUT2D eigenvalue weighted by Gasteiger charge is -1.94. The van der Waals surface area contributed by atoms with Gasteiger partial charge in [0.1, 0.15) is 0 Å². The highest BCUT2D eigenvalue weighted by Gasteiger charge is 2.24.